The van der Waals surface area contributed by atoms with Gasteiger partial charge in [-0.25, -0.2) is 4.79 Å². The number of carbonyl (C=O) groups is 2. The maximum absolute atomic E-state index is 12.0. The van der Waals surface area contributed by atoms with E-state index < -0.39 is 5.60 Å². The van der Waals surface area contributed by atoms with Gasteiger partial charge in [-0.1, -0.05) is 0 Å². The van der Waals surface area contributed by atoms with Crippen LogP contribution in [0.2, 0.25) is 0 Å². The molecule has 1 unspecified atom stereocenters. The maximum atomic E-state index is 12.0. The summed E-state index contributed by atoms with van der Waals surface area (Å²) in [5, 5.41) is 0. The number of nitrogens with zero attached hydrogens (tertiary/aromatic N) is 2. The molecule has 0 radical (unpaired) electrons. The largest absolute Gasteiger partial charge is 0.444 e. The molecule has 1 aliphatic heterocycles. The van der Waals surface area contributed by atoms with Crippen molar-refractivity contribution < 1.29 is 14.3 Å². The first-order chi connectivity index (χ1) is 9.64. The highest BCUT2D eigenvalue weighted by molar-refractivity contribution is 6.27. The van der Waals surface area contributed by atoms with E-state index >= 15 is 0 Å². The van der Waals surface area contributed by atoms with Crippen LogP contribution in [0.15, 0.2) is 0 Å². The molecule has 0 spiro atoms. The Hall–Kier alpha value is -0.970. The monoisotopic (exact) mass is 318 g/mol. The lowest BCUT2D eigenvalue weighted by Gasteiger charge is -2.29. The second kappa shape index (κ2) is 7.34. The number of hydrogen-bond acceptors (Lipinski definition) is 3. The Morgan fingerprint density at radius 2 is 2.00 bits per heavy atom. The molecule has 0 aromatic carbocycles. The first-order valence-corrected chi connectivity index (χ1v) is 8.01. The van der Waals surface area contributed by atoms with Gasteiger partial charge in [0.25, 0.3) is 0 Å². The lowest BCUT2D eigenvalue weighted by Crippen LogP contribution is -2.42. The fourth-order valence-corrected chi connectivity index (χ4v) is 2.58. The number of amides is 2. The lowest BCUT2D eigenvalue weighted by molar-refractivity contribution is -0.130. The highest BCUT2D eigenvalue weighted by Gasteiger charge is 2.31. The Morgan fingerprint density at radius 3 is 2.48 bits per heavy atom. The summed E-state index contributed by atoms with van der Waals surface area (Å²) >= 11 is 5.65. The molecule has 1 heterocycles. The van der Waals surface area contributed by atoms with Crippen LogP contribution in [0.25, 0.3) is 0 Å². The van der Waals surface area contributed by atoms with Gasteiger partial charge in [-0.05, 0) is 47.0 Å². The predicted octanol–water partition coefficient (Wildman–Crippen LogP) is 2.72. The lowest BCUT2D eigenvalue weighted by atomic mass is 10.1. The van der Waals surface area contributed by atoms with E-state index in [4.69, 9.17) is 16.3 Å². The molecule has 0 aromatic heterocycles. The number of ether oxygens (including phenoxy) is 1. The minimum absolute atomic E-state index is 0.000675. The fraction of sp³-hybridized carbons (Fsp3) is 0.867. The fourth-order valence-electron chi connectivity index (χ4n) is 2.43. The average molecular weight is 319 g/mol. The SMILES string of the molecule is CC(C)N(CC1CCN(C(=O)OC(C)(C)C)C1)C(=O)CCl. The van der Waals surface area contributed by atoms with Crippen molar-refractivity contribution in [2.24, 2.45) is 5.92 Å². The Kier molecular flexibility index (Phi) is 6.32. The molecule has 5 nitrogen and oxygen atoms in total. The van der Waals surface area contributed by atoms with Crippen molar-refractivity contribution in [3.05, 3.63) is 0 Å². The molecule has 6 heteroatoms. The van der Waals surface area contributed by atoms with Crippen LogP contribution in [-0.2, 0) is 9.53 Å². The van der Waals surface area contributed by atoms with E-state index in [0.29, 0.717) is 19.6 Å². The number of carbonyl (C=O) groups excluding carboxylic acids is 2. The highest BCUT2D eigenvalue weighted by atomic mass is 35.5. The number of halogens is 1. The van der Waals surface area contributed by atoms with Gasteiger partial charge in [-0.2, -0.15) is 0 Å². The summed E-state index contributed by atoms with van der Waals surface area (Å²) < 4.78 is 5.38. The average Bonchev–Trinajstić information content (AvgIpc) is 2.81. The van der Waals surface area contributed by atoms with Crippen LogP contribution >= 0.6 is 11.6 Å². The molecule has 1 fully saturated rings. The normalized spacial score (nSPS) is 19.0. The summed E-state index contributed by atoms with van der Waals surface area (Å²) in [6.07, 6.45) is 0.614. The summed E-state index contributed by atoms with van der Waals surface area (Å²) in [5.74, 6) is 0.232. The topological polar surface area (TPSA) is 49.9 Å². The molecule has 1 saturated heterocycles. The number of hydrogen-bond donors (Lipinski definition) is 0. The van der Waals surface area contributed by atoms with E-state index in [1.165, 1.54) is 0 Å². The van der Waals surface area contributed by atoms with Gasteiger partial charge >= 0.3 is 6.09 Å². The molecular weight excluding hydrogens is 292 g/mol. The molecule has 122 valence electrons. The van der Waals surface area contributed by atoms with Crippen molar-refractivity contribution in [3.8, 4) is 0 Å². The van der Waals surface area contributed by atoms with E-state index in [0.717, 1.165) is 6.42 Å². The van der Waals surface area contributed by atoms with E-state index in [2.05, 4.69) is 0 Å². The molecule has 0 aliphatic carbocycles. The highest BCUT2D eigenvalue weighted by Crippen LogP contribution is 2.21. The zero-order chi connectivity index (χ0) is 16.2. The quantitative estimate of drug-likeness (QED) is 0.749. The van der Waals surface area contributed by atoms with Crippen LogP contribution in [0, 0.1) is 5.92 Å². The molecular formula is C15H27ClN2O3. The zero-order valence-corrected chi connectivity index (χ0v) is 14.4. The molecule has 1 atom stereocenters. The van der Waals surface area contributed by atoms with Crippen molar-refractivity contribution in [3.63, 3.8) is 0 Å². The van der Waals surface area contributed by atoms with Crippen LogP contribution in [0.5, 0.6) is 0 Å². The first kappa shape index (κ1) is 18.1. The van der Waals surface area contributed by atoms with E-state index in [1.807, 2.05) is 34.6 Å². The van der Waals surface area contributed by atoms with Gasteiger partial charge in [-0.3, -0.25) is 4.79 Å². The molecule has 21 heavy (non-hydrogen) atoms. The van der Waals surface area contributed by atoms with Gasteiger partial charge in [0, 0.05) is 25.7 Å². The van der Waals surface area contributed by atoms with Crippen molar-refractivity contribution in [2.45, 2.75) is 52.7 Å². The molecule has 1 rings (SSSR count). The third kappa shape index (κ3) is 5.73. The third-order valence-corrected chi connectivity index (χ3v) is 3.68. The molecule has 0 saturated carbocycles. The number of alkyl halides is 1. The van der Waals surface area contributed by atoms with Crippen LogP contribution in [0.4, 0.5) is 4.79 Å². The van der Waals surface area contributed by atoms with Crippen molar-refractivity contribution in [1.29, 1.82) is 0 Å². The van der Waals surface area contributed by atoms with Crippen molar-refractivity contribution >= 4 is 23.6 Å². The summed E-state index contributed by atoms with van der Waals surface area (Å²) in [7, 11) is 0. The first-order valence-electron chi connectivity index (χ1n) is 7.47. The molecule has 0 aromatic rings. The van der Waals surface area contributed by atoms with Crippen LogP contribution in [0.3, 0.4) is 0 Å². The Balaban J connectivity index is 2.54. The summed E-state index contributed by atoms with van der Waals surface area (Å²) in [5.41, 5.74) is -0.478. The second-order valence-electron chi connectivity index (χ2n) is 6.85. The third-order valence-electron chi connectivity index (χ3n) is 3.45. The minimum atomic E-state index is -0.478. The van der Waals surface area contributed by atoms with Gasteiger partial charge in [0.05, 0.1) is 0 Å². The van der Waals surface area contributed by atoms with Gasteiger partial charge in [0.15, 0.2) is 0 Å². The standard InChI is InChI=1S/C15H27ClN2O3/c1-11(2)18(13(19)8-16)10-12-6-7-17(9-12)14(20)21-15(3,4)5/h11-12H,6-10H2,1-5H3. The Labute approximate surface area is 132 Å². The predicted molar refractivity (Wildman–Crippen MR) is 83.5 cm³/mol. The van der Waals surface area contributed by atoms with Crippen LogP contribution in [-0.4, -0.2) is 59.0 Å². The van der Waals surface area contributed by atoms with Gasteiger partial charge < -0.3 is 14.5 Å². The zero-order valence-electron chi connectivity index (χ0n) is 13.7. The van der Waals surface area contributed by atoms with Crippen LogP contribution in [0.1, 0.15) is 41.0 Å². The summed E-state index contributed by atoms with van der Waals surface area (Å²) in [6, 6.07) is 0.117. The van der Waals surface area contributed by atoms with Gasteiger partial charge in [-0.15, -0.1) is 11.6 Å². The molecule has 0 bridgehead atoms. The van der Waals surface area contributed by atoms with Crippen molar-refractivity contribution in [1.82, 2.24) is 9.80 Å². The molecule has 2 amide bonds. The number of rotatable bonds is 4. The second-order valence-corrected chi connectivity index (χ2v) is 7.12. The Morgan fingerprint density at radius 1 is 1.38 bits per heavy atom. The maximum Gasteiger partial charge on any atom is 0.410 e. The van der Waals surface area contributed by atoms with Gasteiger partial charge in [0.1, 0.15) is 11.5 Å². The number of likely N-dealkylation sites (tertiary alicyclic amines) is 1. The molecule has 1 aliphatic rings. The van der Waals surface area contributed by atoms with Gasteiger partial charge in [0.2, 0.25) is 5.91 Å². The van der Waals surface area contributed by atoms with Crippen molar-refractivity contribution in [2.75, 3.05) is 25.5 Å². The Bertz CT molecular complexity index is 380. The van der Waals surface area contributed by atoms with E-state index in [9.17, 15) is 9.59 Å². The minimum Gasteiger partial charge on any atom is -0.444 e. The van der Waals surface area contributed by atoms with E-state index in [1.54, 1.807) is 9.80 Å². The summed E-state index contributed by atoms with van der Waals surface area (Å²) in [6.45, 7) is 11.5. The van der Waals surface area contributed by atoms with Crippen LogP contribution < -0.4 is 0 Å². The summed E-state index contributed by atoms with van der Waals surface area (Å²) in [4.78, 5) is 27.4. The smallest absolute Gasteiger partial charge is 0.410 e. The molecule has 0 N–H and O–H groups in total. The van der Waals surface area contributed by atoms with E-state index in [-0.39, 0.29) is 29.8 Å².